The van der Waals surface area contributed by atoms with Gasteiger partial charge in [0.05, 0.1) is 12.9 Å². The number of allylic oxidation sites excluding steroid dienone is 1. The van der Waals surface area contributed by atoms with Gasteiger partial charge in [0.1, 0.15) is 0 Å². The molecule has 0 aliphatic heterocycles. The van der Waals surface area contributed by atoms with Crippen molar-refractivity contribution in [2.45, 2.75) is 6.42 Å². The molecule has 0 bridgehead atoms. The minimum atomic E-state index is -3.25. The van der Waals surface area contributed by atoms with Crippen LogP contribution in [-0.2, 0) is 14.3 Å². The van der Waals surface area contributed by atoms with Crippen LogP contribution in [0.2, 0.25) is 0 Å². The van der Waals surface area contributed by atoms with Crippen LogP contribution in [0.3, 0.4) is 0 Å². The first kappa shape index (κ1) is 8.65. The van der Waals surface area contributed by atoms with Crippen molar-refractivity contribution >= 4 is 10.1 Å². The van der Waals surface area contributed by atoms with Gasteiger partial charge in [-0.15, -0.1) is 6.58 Å². The maximum absolute atomic E-state index is 10.5. The highest BCUT2D eigenvalue weighted by molar-refractivity contribution is 7.86. The highest BCUT2D eigenvalue weighted by Crippen LogP contribution is 1.93. The van der Waals surface area contributed by atoms with Gasteiger partial charge >= 0.3 is 0 Å². The average molecular weight is 150 g/mol. The van der Waals surface area contributed by atoms with Crippen LogP contribution in [0.1, 0.15) is 6.42 Å². The molecule has 0 heterocycles. The third kappa shape index (κ3) is 4.17. The van der Waals surface area contributed by atoms with Crippen molar-refractivity contribution in [1.29, 1.82) is 0 Å². The molecule has 0 spiro atoms. The zero-order valence-electron chi connectivity index (χ0n) is 5.33. The van der Waals surface area contributed by atoms with Gasteiger partial charge in [-0.2, -0.15) is 8.42 Å². The van der Waals surface area contributed by atoms with Crippen LogP contribution in [0.15, 0.2) is 12.7 Å². The van der Waals surface area contributed by atoms with E-state index in [1.165, 1.54) is 6.08 Å². The van der Waals surface area contributed by atoms with Crippen LogP contribution < -0.4 is 0 Å². The summed E-state index contributed by atoms with van der Waals surface area (Å²) in [5, 5.41) is 0. The molecule has 3 nitrogen and oxygen atoms in total. The topological polar surface area (TPSA) is 43.4 Å². The molecule has 0 aliphatic carbocycles. The number of hydrogen-bond donors (Lipinski definition) is 0. The molecule has 9 heavy (non-hydrogen) atoms. The summed E-state index contributed by atoms with van der Waals surface area (Å²) in [6, 6.07) is 0. The first-order chi connectivity index (χ1) is 4.12. The van der Waals surface area contributed by atoms with E-state index in [0.29, 0.717) is 6.42 Å². The molecule has 0 aromatic heterocycles. The molecule has 0 rings (SSSR count). The third-order valence-electron chi connectivity index (χ3n) is 0.826. The monoisotopic (exact) mass is 150 g/mol. The first-order valence-corrected chi connectivity index (χ1v) is 4.09. The van der Waals surface area contributed by atoms with Crippen LogP contribution in [0, 0.1) is 0 Å². The van der Waals surface area contributed by atoms with E-state index in [-0.39, 0.29) is 5.75 Å². The van der Waals surface area contributed by atoms with Crippen LogP contribution in [0.5, 0.6) is 0 Å². The fourth-order valence-corrected chi connectivity index (χ4v) is 0.933. The number of rotatable bonds is 4. The first-order valence-electron chi connectivity index (χ1n) is 2.51. The largest absolute Gasteiger partial charge is 0.273 e. The Labute approximate surface area is 55.5 Å². The Hall–Kier alpha value is -0.350. The van der Waals surface area contributed by atoms with E-state index < -0.39 is 10.1 Å². The number of hydrogen-bond acceptors (Lipinski definition) is 3. The fourth-order valence-electron chi connectivity index (χ4n) is 0.311. The summed E-state index contributed by atoms with van der Waals surface area (Å²) in [6.45, 7) is 3.38. The van der Waals surface area contributed by atoms with Gasteiger partial charge < -0.3 is 0 Å². The SMILES string of the molecule is C=CCCS(=O)(=O)OC. The molecule has 0 unspecified atom stereocenters. The molecule has 0 atom stereocenters. The van der Waals surface area contributed by atoms with Crippen molar-refractivity contribution in [3.05, 3.63) is 12.7 Å². The van der Waals surface area contributed by atoms with E-state index in [2.05, 4.69) is 10.8 Å². The molecule has 0 aromatic rings. The minimum absolute atomic E-state index is 0.0208. The van der Waals surface area contributed by atoms with Crippen molar-refractivity contribution in [2.75, 3.05) is 12.9 Å². The highest BCUT2D eigenvalue weighted by atomic mass is 32.2. The van der Waals surface area contributed by atoms with Gasteiger partial charge in [0.2, 0.25) is 0 Å². The lowest BCUT2D eigenvalue weighted by molar-refractivity contribution is 0.398. The zero-order chi connectivity index (χ0) is 7.33. The quantitative estimate of drug-likeness (QED) is 0.434. The standard InChI is InChI=1S/C5H10O3S/c1-3-4-5-9(6,7)8-2/h3H,1,4-5H2,2H3. The van der Waals surface area contributed by atoms with Crippen LogP contribution in [-0.4, -0.2) is 21.3 Å². The van der Waals surface area contributed by atoms with Gasteiger partial charge in [0.25, 0.3) is 10.1 Å². The summed E-state index contributed by atoms with van der Waals surface area (Å²) < 4.78 is 25.1. The molecular weight excluding hydrogens is 140 g/mol. The maximum Gasteiger partial charge on any atom is 0.267 e. The van der Waals surface area contributed by atoms with Gasteiger partial charge in [0.15, 0.2) is 0 Å². The summed E-state index contributed by atoms with van der Waals surface area (Å²) in [5.41, 5.74) is 0. The Morgan fingerprint density at radius 2 is 2.22 bits per heavy atom. The predicted molar refractivity (Wildman–Crippen MR) is 35.6 cm³/mol. The Balaban J connectivity index is 3.74. The van der Waals surface area contributed by atoms with Crippen molar-refractivity contribution in [2.24, 2.45) is 0 Å². The van der Waals surface area contributed by atoms with Gasteiger partial charge in [0, 0.05) is 0 Å². The molecule has 0 N–H and O–H groups in total. The average Bonchev–Trinajstić information content (AvgIpc) is 1.84. The molecule has 4 heteroatoms. The molecular formula is C5H10O3S. The molecule has 0 aliphatic rings. The normalized spacial score (nSPS) is 11.2. The van der Waals surface area contributed by atoms with Crippen molar-refractivity contribution in [3.63, 3.8) is 0 Å². The lowest BCUT2D eigenvalue weighted by Crippen LogP contribution is -2.06. The third-order valence-corrected chi connectivity index (χ3v) is 2.07. The lowest BCUT2D eigenvalue weighted by atomic mass is 10.5. The lowest BCUT2D eigenvalue weighted by Gasteiger charge is -1.95. The van der Waals surface area contributed by atoms with Crippen molar-refractivity contribution in [1.82, 2.24) is 0 Å². The smallest absolute Gasteiger partial charge is 0.267 e. The van der Waals surface area contributed by atoms with E-state index >= 15 is 0 Å². The van der Waals surface area contributed by atoms with Crippen molar-refractivity contribution < 1.29 is 12.6 Å². The minimum Gasteiger partial charge on any atom is -0.273 e. The van der Waals surface area contributed by atoms with E-state index in [1.807, 2.05) is 0 Å². The zero-order valence-corrected chi connectivity index (χ0v) is 6.15. The van der Waals surface area contributed by atoms with Gasteiger partial charge in [-0.3, -0.25) is 4.18 Å². The van der Waals surface area contributed by atoms with Gasteiger partial charge in [-0.05, 0) is 6.42 Å². The summed E-state index contributed by atoms with van der Waals surface area (Å²) in [5.74, 6) is 0.0208. The predicted octanol–water partition coefficient (Wildman–Crippen LogP) is 0.539. The van der Waals surface area contributed by atoms with E-state index in [0.717, 1.165) is 7.11 Å². The molecule has 0 radical (unpaired) electrons. The van der Waals surface area contributed by atoms with Crippen molar-refractivity contribution in [3.8, 4) is 0 Å². The van der Waals surface area contributed by atoms with Gasteiger partial charge in [-0.25, -0.2) is 0 Å². The second-order valence-electron chi connectivity index (χ2n) is 1.51. The van der Waals surface area contributed by atoms with Gasteiger partial charge in [-0.1, -0.05) is 6.08 Å². The Bertz CT molecular complexity index is 169. The second kappa shape index (κ2) is 3.63. The maximum atomic E-state index is 10.5. The Morgan fingerprint density at radius 1 is 1.67 bits per heavy atom. The van der Waals surface area contributed by atoms with Crippen LogP contribution >= 0.6 is 0 Å². The second-order valence-corrected chi connectivity index (χ2v) is 3.36. The molecule has 54 valence electrons. The summed E-state index contributed by atoms with van der Waals surface area (Å²) >= 11 is 0. The Kier molecular flexibility index (Phi) is 3.49. The Morgan fingerprint density at radius 3 is 2.56 bits per heavy atom. The molecule has 0 aromatic carbocycles. The highest BCUT2D eigenvalue weighted by Gasteiger charge is 2.04. The summed E-state index contributed by atoms with van der Waals surface area (Å²) in [7, 11) is -2.10. The molecule has 0 fully saturated rings. The molecule has 0 saturated heterocycles. The van der Waals surface area contributed by atoms with E-state index in [4.69, 9.17) is 0 Å². The molecule has 0 amide bonds. The van der Waals surface area contributed by atoms with E-state index in [1.54, 1.807) is 0 Å². The molecule has 0 saturated carbocycles. The summed E-state index contributed by atoms with van der Waals surface area (Å²) in [6.07, 6.45) is 1.98. The van der Waals surface area contributed by atoms with E-state index in [9.17, 15) is 8.42 Å². The van der Waals surface area contributed by atoms with Crippen LogP contribution in [0.25, 0.3) is 0 Å². The summed E-state index contributed by atoms with van der Waals surface area (Å²) in [4.78, 5) is 0. The van der Waals surface area contributed by atoms with Crippen LogP contribution in [0.4, 0.5) is 0 Å². The fraction of sp³-hybridized carbons (Fsp3) is 0.600.